The van der Waals surface area contributed by atoms with Crippen LogP contribution in [0.4, 0.5) is 0 Å². The Morgan fingerprint density at radius 3 is 2.14 bits per heavy atom. The van der Waals surface area contributed by atoms with Crippen molar-refractivity contribution < 1.29 is 9.90 Å². The summed E-state index contributed by atoms with van der Waals surface area (Å²) >= 11 is 0. The number of hydrogen-bond acceptors (Lipinski definition) is 1. The van der Waals surface area contributed by atoms with Crippen LogP contribution in [0.5, 0.6) is 0 Å². The van der Waals surface area contributed by atoms with E-state index in [9.17, 15) is 4.79 Å². The van der Waals surface area contributed by atoms with E-state index in [2.05, 4.69) is 45.0 Å². The van der Waals surface area contributed by atoms with E-state index in [1.165, 1.54) is 17.2 Å². The molecule has 1 aromatic rings. The molecule has 2 nitrogen and oxygen atoms in total. The van der Waals surface area contributed by atoms with Crippen molar-refractivity contribution in [1.82, 2.24) is 0 Å². The summed E-state index contributed by atoms with van der Waals surface area (Å²) < 4.78 is 0. The Balaban J connectivity index is 2.84. The molecule has 0 saturated heterocycles. The van der Waals surface area contributed by atoms with Gasteiger partial charge in [0.25, 0.3) is 0 Å². The van der Waals surface area contributed by atoms with Crippen molar-refractivity contribution >= 4 is 11.5 Å². The van der Waals surface area contributed by atoms with Crippen LogP contribution < -0.4 is 0 Å². The fourth-order valence-corrected chi connectivity index (χ4v) is 1.92. The average molecular weight is 284 g/mol. The number of benzene rings is 1. The van der Waals surface area contributed by atoms with Gasteiger partial charge >= 0.3 is 5.97 Å². The average Bonchev–Trinajstić information content (AvgIpc) is 2.36. The van der Waals surface area contributed by atoms with E-state index in [1.807, 2.05) is 19.1 Å². The Bertz CT molecular complexity index is 579. The number of aliphatic carboxylic acids is 1. The lowest BCUT2D eigenvalue weighted by Crippen LogP contribution is -2.10. The van der Waals surface area contributed by atoms with Crippen LogP contribution in [0, 0.1) is 0 Å². The van der Waals surface area contributed by atoms with Crippen molar-refractivity contribution in [2.24, 2.45) is 0 Å². The minimum absolute atomic E-state index is 0.161. The summed E-state index contributed by atoms with van der Waals surface area (Å²) in [6.45, 7) is 10.4. The summed E-state index contributed by atoms with van der Waals surface area (Å²) in [5.74, 6) is -0.921. The number of allylic oxidation sites excluding steroid dienone is 5. The lowest BCUT2D eigenvalue weighted by molar-refractivity contribution is -0.131. The molecule has 0 saturated carbocycles. The summed E-state index contributed by atoms with van der Waals surface area (Å²) in [6, 6.07) is 8.57. The standard InChI is InChI=1S/C19H24O2/c1-14(13-18(20)21)7-6-8-15(2)16-9-11-17(12-10-16)19(3,4)5/h6-13H,1-5H3,(H,20,21)/b7-6?,14-13?,15-8+. The molecule has 0 heterocycles. The highest BCUT2D eigenvalue weighted by atomic mass is 16.4. The zero-order valence-electron chi connectivity index (χ0n) is 13.5. The van der Waals surface area contributed by atoms with Crippen molar-refractivity contribution in [1.29, 1.82) is 0 Å². The molecular formula is C19H24O2. The van der Waals surface area contributed by atoms with Gasteiger partial charge in [-0.1, -0.05) is 63.3 Å². The number of rotatable bonds is 4. The highest BCUT2D eigenvalue weighted by molar-refractivity contribution is 5.81. The third-order valence-corrected chi connectivity index (χ3v) is 3.26. The van der Waals surface area contributed by atoms with Crippen LogP contribution in [0.25, 0.3) is 5.57 Å². The third-order valence-electron chi connectivity index (χ3n) is 3.26. The topological polar surface area (TPSA) is 37.3 Å². The molecule has 0 aliphatic heterocycles. The Morgan fingerprint density at radius 2 is 1.67 bits per heavy atom. The maximum absolute atomic E-state index is 10.5. The molecule has 1 aromatic carbocycles. The van der Waals surface area contributed by atoms with Crippen molar-refractivity contribution in [2.75, 3.05) is 0 Å². The van der Waals surface area contributed by atoms with Crippen LogP contribution in [0.3, 0.4) is 0 Å². The Kier molecular flexibility index (Phi) is 5.71. The first-order chi connectivity index (χ1) is 9.70. The predicted octanol–water partition coefficient (Wildman–Crippen LogP) is 4.97. The van der Waals surface area contributed by atoms with Gasteiger partial charge < -0.3 is 5.11 Å². The second-order valence-corrected chi connectivity index (χ2v) is 6.26. The SMILES string of the molecule is CC(C=C/C=C(\C)c1ccc(C(C)(C)C)cc1)=CC(=O)O. The molecule has 0 spiro atoms. The summed E-state index contributed by atoms with van der Waals surface area (Å²) in [7, 11) is 0. The second kappa shape index (κ2) is 7.07. The molecule has 0 bridgehead atoms. The van der Waals surface area contributed by atoms with Crippen LogP contribution in [0.1, 0.15) is 45.7 Å². The summed E-state index contributed by atoms with van der Waals surface area (Å²) in [6.07, 6.45) is 6.85. The fourth-order valence-electron chi connectivity index (χ4n) is 1.92. The molecular weight excluding hydrogens is 260 g/mol. The number of hydrogen-bond donors (Lipinski definition) is 1. The molecule has 0 aliphatic rings. The highest BCUT2D eigenvalue weighted by Gasteiger charge is 2.12. The van der Waals surface area contributed by atoms with E-state index in [-0.39, 0.29) is 5.41 Å². The van der Waals surface area contributed by atoms with Gasteiger partial charge in [0.15, 0.2) is 0 Å². The first kappa shape index (κ1) is 17.0. The summed E-state index contributed by atoms with van der Waals surface area (Å²) in [5.41, 5.74) is 4.52. The molecule has 0 fully saturated rings. The molecule has 0 atom stereocenters. The van der Waals surface area contributed by atoms with Crippen LogP contribution in [0.15, 0.2) is 54.1 Å². The maximum Gasteiger partial charge on any atom is 0.328 e. The van der Waals surface area contributed by atoms with Gasteiger partial charge in [-0.2, -0.15) is 0 Å². The molecule has 0 radical (unpaired) electrons. The maximum atomic E-state index is 10.5. The predicted molar refractivity (Wildman–Crippen MR) is 89.3 cm³/mol. The number of carboxylic acid groups (broad SMARTS) is 1. The normalized spacial score (nSPS) is 13.8. The van der Waals surface area contributed by atoms with Crippen LogP contribution in [-0.2, 0) is 10.2 Å². The second-order valence-electron chi connectivity index (χ2n) is 6.26. The zero-order valence-corrected chi connectivity index (χ0v) is 13.5. The van der Waals surface area contributed by atoms with Gasteiger partial charge in [-0.05, 0) is 41.5 Å². The summed E-state index contributed by atoms with van der Waals surface area (Å²) in [4.78, 5) is 10.5. The zero-order chi connectivity index (χ0) is 16.0. The molecule has 0 amide bonds. The third kappa shape index (κ3) is 5.82. The molecule has 21 heavy (non-hydrogen) atoms. The molecule has 2 heteroatoms. The summed E-state index contributed by atoms with van der Waals surface area (Å²) in [5, 5.41) is 8.64. The molecule has 0 aromatic heterocycles. The van der Waals surface area contributed by atoms with Gasteiger partial charge in [0, 0.05) is 6.08 Å². The van der Waals surface area contributed by atoms with Crippen molar-refractivity contribution in [2.45, 2.75) is 40.0 Å². The monoisotopic (exact) mass is 284 g/mol. The highest BCUT2D eigenvalue weighted by Crippen LogP contribution is 2.24. The quantitative estimate of drug-likeness (QED) is 0.625. The minimum Gasteiger partial charge on any atom is -0.478 e. The number of carboxylic acids is 1. The molecule has 1 rings (SSSR count). The van der Waals surface area contributed by atoms with E-state index >= 15 is 0 Å². The van der Waals surface area contributed by atoms with Gasteiger partial charge in [0.05, 0.1) is 0 Å². The smallest absolute Gasteiger partial charge is 0.328 e. The fraction of sp³-hybridized carbons (Fsp3) is 0.316. The first-order valence-corrected chi connectivity index (χ1v) is 7.07. The van der Waals surface area contributed by atoms with Crippen molar-refractivity contribution in [3.05, 3.63) is 65.3 Å². The minimum atomic E-state index is -0.921. The van der Waals surface area contributed by atoms with Gasteiger partial charge in [-0.3, -0.25) is 0 Å². The van der Waals surface area contributed by atoms with E-state index in [1.54, 1.807) is 13.0 Å². The van der Waals surface area contributed by atoms with E-state index in [0.29, 0.717) is 0 Å². The van der Waals surface area contributed by atoms with Crippen LogP contribution >= 0.6 is 0 Å². The lowest BCUT2D eigenvalue weighted by atomic mass is 9.86. The lowest BCUT2D eigenvalue weighted by Gasteiger charge is -2.19. The van der Waals surface area contributed by atoms with Crippen LogP contribution in [0.2, 0.25) is 0 Å². The van der Waals surface area contributed by atoms with Gasteiger partial charge in [0.1, 0.15) is 0 Å². The van der Waals surface area contributed by atoms with E-state index in [0.717, 1.165) is 11.1 Å². The Hall–Kier alpha value is -2.09. The molecule has 0 aliphatic carbocycles. The molecule has 1 N–H and O–H groups in total. The Morgan fingerprint density at radius 1 is 1.10 bits per heavy atom. The van der Waals surface area contributed by atoms with Crippen LogP contribution in [-0.4, -0.2) is 11.1 Å². The van der Waals surface area contributed by atoms with Crippen molar-refractivity contribution in [3.63, 3.8) is 0 Å². The van der Waals surface area contributed by atoms with Gasteiger partial charge in [-0.15, -0.1) is 0 Å². The largest absolute Gasteiger partial charge is 0.478 e. The molecule has 0 unspecified atom stereocenters. The number of carbonyl (C=O) groups is 1. The molecule has 112 valence electrons. The van der Waals surface area contributed by atoms with Crippen molar-refractivity contribution in [3.8, 4) is 0 Å². The van der Waals surface area contributed by atoms with Gasteiger partial charge in [0.2, 0.25) is 0 Å². The first-order valence-electron chi connectivity index (χ1n) is 7.07. The van der Waals surface area contributed by atoms with Gasteiger partial charge in [-0.25, -0.2) is 4.79 Å². The van der Waals surface area contributed by atoms with E-state index < -0.39 is 5.97 Å². The Labute approximate surface area is 127 Å². The van der Waals surface area contributed by atoms with E-state index in [4.69, 9.17) is 5.11 Å².